The number of hydrogen-bond donors (Lipinski definition) is 0. The van der Waals surface area contributed by atoms with Crippen LogP contribution in [-0.2, 0) is 16.1 Å². The molecule has 0 unspecified atom stereocenters. The molecule has 0 aliphatic carbocycles. The molecule has 6 heteroatoms. The minimum atomic E-state index is -0.375. The van der Waals surface area contributed by atoms with Crippen molar-refractivity contribution in [2.45, 2.75) is 26.4 Å². The number of carbonyl (C=O) groups excluding carboxylic acids is 2. The summed E-state index contributed by atoms with van der Waals surface area (Å²) in [4.78, 5) is 25.9. The Morgan fingerprint density at radius 2 is 1.75 bits per heavy atom. The second-order valence-electron chi connectivity index (χ2n) is 6.65. The van der Waals surface area contributed by atoms with Gasteiger partial charge in [0.25, 0.3) is 0 Å². The van der Waals surface area contributed by atoms with E-state index in [1.807, 2.05) is 30.3 Å². The zero-order chi connectivity index (χ0) is 19.8. The van der Waals surface area contributed by atoms with E-state index in [-0.39, 0.29) is 18.0 Å². The molecule has 1 fully saturated rings. The Bertz CT molecular complexity index is 775. The lowest BCUT2D eigenvalue weighted by molar-refractivity contribution is -0.140. The molecule has 148 valence electrons. The van der Waals surface area contributed by atoms with Gasteiger partial charge in [-0.3, -0.25) is 4.79 Å². The largest absolute Gasteiger partial charge is 0.489 e. The number of rotatable bonds is 6. The Morgan fingerprint density at radius 3 is 2.46 bits per heavy atom. The lowest BCUT2D eigenvalue weighted by Gasteiger charge is -2.30. The monoisotopic (exact) mass is 383 g/mol. The van der Waals surface area contributed by atoms with E-state index in [0.717, 1.165) is 12.0 Å². The predicted octanol–water partition coefficient (Wildman–Crippen LogP) is 4.04. The second-order valence-corrected chi connectivity index (χ2v) is 6.65. The molecule has 1 atom stereocenters. The molecular formula is C22H25NO5. The number of carbonyl (C=O) groups is 2. The van der Waals surface area contributed by atoms with E-state index in [4.69, 9.17) is 14.2 Å². The maximum atomic E-state index is 12.5. The standard InChI is InChI=1S/C22H25NO5/c1-2-26-22(25)23-14-6-9-18(15-23)21(24)28-20-12-10-19(11-13-20)27-16-17-7-4-3-5-8-17/h3-5,7-8,10-13,18H,2,6,9,14-16H2,1H3/t18-/m0/s1. The van der Waals surface area contributed by atoms with Crippen LogP contribution >= 0.6 is 0 Å². The van der Waals surface area contributed by atoms with Crippen molar-refractivity contribution < 1.29 is 23.8 Å². The van der Waals surface area contributed by atoms with E-state index < -0.39 is 0 Å². The highest BCUT2D eigenvalue weighted by Crippen LogP contribution is 2.23. The molecule has 0 aromatic heterocycles. The average Bonchev–Trinajstić information content (AvgIpc) is 2.74. The van der Waals surface area contributed by atoms with Crippen molar-refractivity contribution in [2.24, 2.45) is 5.92 Å². The number of hydrogen-bond acceptors (Lipinski definition) is 5. The topological polar surface area (TPSA) is 65.1 Å². The summed E-state index contributed by atoms with van der Waals surface area (Å²) in [5, 5.41) is 0. The zero-order valence-corrected chi connectivity index (χ0v) is 16.0. The van der Waals surface area contributed by atoms with Crippen LogP contribution in [0.4, 0.5) is 4.79 Å². The van der Waals surface area contributed by atoms with Gasteiger partial charge in [0.1, 0.15) is 18.1 Å². The van der Waals surface area contributed by atoms with Crippen LogP contribution in [0.5, 0.6) is 11.5 Å². The molecule has 0 saturated carbocycles. The van der Waals surface area contributed by atoms with E-state index in [9.17, 15) is 9.59 Å². The van der Waals surface area contributed by atoms with Crippen LogP contribution in [0.15, 0.2) is 54.6 Å². The first kappa shape index (κ1) is 19.7. The number of amides is 1. The fourth-order valence-electron chi connectivity index (χ4n) is 3.09. The van der Waals surface area contributed by atoms with Gasteiger partial charge in [-0.1, -0.05) is 30.3 Å². The first-order chi connectivity index (χ1) is 13.7. The highest BCUT2D eigenvalue weighted by molar-refractivity contribution is 5.77. The van der Waals surface area contributed by atoms with Crippen LogP contribution < -0.4 is 9.47 Å². The Kier molecular flexibility index (Phi) is 6.89. The van der Waals surface area contributed by atoms with Gasteiger partial charge in [-0.2, -0.15) is 0 Å². The van der Waals surface area contributed by atoms with E-state index in [0.29, 0.717) is 44.2 Å². The van der Waals surface area contributed by atoms with Gasteiger partial charge in [0, 0.05) is 13.1 Å². The van der Waals surface area contributed by atoms with Crippen molar-refractivity contribution in [1.82, 2.24) is 4.90 Å². The van der Waals surface area contributed by atoms with Crippen LogP contribution in [0.2, 0.25) is 0 Å². The van der Waals surface area contributed by atoms with E-state index in [1.54, 1.807) is 36.1 Å². The molecule has 1 amide bonds. The van der Waals surface area contributed by atoms with Gasteiger partial charge in [-0.05, 0) is 49.6 Å². The minimum Gasteiger partial charge on any atom is -0.489 e. The Morgan fingerprint density at radius 1 is 1.04 bits per heavy atom. The van der Waals surface area contributed by atoms with Crippen molar-refractivity contribution in [2.75, 3.05) is 19.7 Å². The number of ether oxygens (including phenoxy) is 3. The Balaban J connectivity index is 1.50. The Labute approximate surface area is 165 Å². The lowest BCUT2D eigenvalue weighted by Crippen LogP contribution is -2.43. The van der Waals surface area contributed by atoms with Gasteiger partial charge in [0.15, 0.2) is 0 Å². The molecule has 2 aromatic rings. The molecule has 1 aliphatic rings. The summed E-state index contributed by atoms with van der Waals surface area (Å²) in [5.41, 5.74) is 1.08. The molecular weight excluding hydrogens is 358 g/mol. The zero-order valence-electron chi connectivity index (χ0n) is 16.0. The van der Waals surface area contributed by atoms with Crippen molar-refractivity contribution in [3.8, 4) is 11.5 Å². The van der Waals surface area contributed by atoms with E-state index in [2.05, 4.69) is 0 Å². The summed E-state index contributed by atoms with van der Waals surface area (Å²) < 4.78 is 16.2. The van der Waals surface area contributed by atoms with Crippen LogP contribution in [0.1, 0.15) is 25.3 Å². The third-order valence-corrected chi connectivity index (χ3v) is 4.57. The highest BCUT2D eigenvalue weighted by atomic mass is 16.6. The van der Waals surface area contributed by atoms with Crippen molar-refractivity contribution in [3.63, 3.8) is 0 Å². The number of likely N-dealkylation sites (tertiary alicyclic amines) is 1. The summed E-state index contributed by atoms with van der Waals surface area (Å²) >= 11 is 0. The summed E-state index contributed by atoms with van der Waals surface area (Å²) in [7, 11) is 0. The van der Waals surface area contributed by atoms with Crippen LogP contribution in [0.3, 0.4) is 0 Å². The number of piperidine rings is 1. The maximum Gasteiger partial charge on any atom is 0.409 e. The van der Waals surface area contributed by atoms with Gasteiger partial charge in [-0.25, -0.2) is 4.79 Å². The minimum absolute atomic E-state index is 0.323. The van der Waals surface area contributed by atoms with Crippen molar-refractivity contribution in [3.05, 3.63) is 60.2 Å². The molecule has 2 aromatic carbocycles. The van der Waals surface area contributed by atoms with Gasteiger partial charge < -0.3 is 19.1 Å². The molecule has 0 radical (unpaired) electrons. The maximum absolute atomic E-state index is 12.5. The summed E-state index contributed by atoms with van der Waals surface area (Å²) in [6.07, 6.45) is 1.08. The summed E-state index contributed by atoms with van der Waals surface area (Å²) in [5.74, 6) is 0.499. The van der Waals surface area contributed by atoms with E-state index >= 15 is 0 Å². The van der Waals surface area contributed by atoms with Gasteiger partial charge in [0.2, 0.25) is 0 Å². The first-order valence-electron chi connectivity index (χ1n) is 9.56. The first-order valence-corrected chi connectivity index (χ1v) is 9.56. The predicted molar refractivity (Wildman–Crippen MR) is 104 cm³/mol. The van der Waals surface area contributed by atoms with Crippen LogP contribution in [-0.4, -0.2) is 36.7 Å². The average molecular weight is 383 g/mol. The smallest absolute Gasteiger partial charge is 0.409 e. The fraction of sp³-hybridized carbons (Fsp3) is 0.364. The number of benzene rings is 2. The van der Waals surface area contributed by atoms with Gasteiger partial charge in [0.05, 0.1) is 12.5 Å². The lowest BCUT2D eigenvalue weighted by atomic mass is 9.98. The molecule has 1 saturated heterocycles. The molecule has 3 rings (SSSR count). The molecule has 0 spiro atoms. The quantitative estimate of drug-likeness (QED) is 0.556. The summed E-state index contributed by atoms with van der Waals surface area (Å²) in [6, 6.07) is 16.9. The molecule has 0 N–H and O–H groups in total. The summed E-state index contributed by atoms with van der Waals surface area (Å²) in [6.45, 7) is 3.50. The molecule has 1 heterocycles. The molecule has 0 bridgehead atoms. The molecule has 28 heavy (non-hydrogen) atoms. The third-order valence-electron chi connectivity index (χ3n) is 4.57. The number of esters is 1. The molecule has 6 nitrogen and oxygen atoms in total. The van der Waals surface area contributed by atoms with Crippen molar-refractivity contribution >= 4 is 12.1 Å². The second kappa shape index (κ2) is 9.78. The van der Waals surface area contributed by atoms with Crippen molar-refractivity contribution in [1.29, 1.82) is 0 Å². The molecule has 1 aliphatic heterocycles. The third kappa shape index (κ3) is 5.49. The van der Waals surface area contributed by atoms with E-state index in [1.165, 1.54) is 0 Å². The van der Waals surface area contributed by atoms with Crippen LogP contribution in [0, 0.1) is 5.92 Å². The number of nitrogens with zero attached hydrogens (tertiary/aromatic N) is 1. The normalized spacial score (nSPS) is 16.3. The SMILES string of the molecule is CCOC(=O)N1CCC[C@H](C(=O)Oc2ccc(OCc3ccccc3)cc2)C1. The van der Waals surface area contributed by atoms with Gasteiger partial charge in [-0.15, -0.1) is 0 Å². The fourth-order valence-corrected chi connectivity index (χ4v) is 3.09. The highest BCUT2D eigenvalue weighted by Gasteiger charge is 2.30. The Hall–Kier alpha value is -3.02. The van der Waals surface area contributed by atoms with Crippen LogP contribution in [0.25, 0.3) is 0 Å². The van der Waals surface area contributed by atoms with Gasteiger partial charge >= 0.3 is 12.1 Å².